The van der Waals surface area contributed by atoms with Gasteiger partial charge in [0, 0.05) is 31.3 Å². The van der Waals surface area contributed by atoms with Crippen LogP contribution in [0.1, 0.15) is 41.1 Å². The van der Waals surface area contributed by atoms with Gasteiger partial charge in [0.1, 0.15) is 0 Å². The number of thiophene rings is 1. The molecule has 2 aliphatic carbocycles. The molecule has 6 aromatic rings. The molecule has 0 fully saturated rings. The summed E-state index contributed by atoms with van der Waals surface area (Å²) in [6.45, 7) is 0. The lowest BCUT2D eigenvalue weighted by Gasteiger charge is -2.37. The Balaban J connectivity index is 1.26. The van der Waals surface area contributed by atoms with Crippen molar-refractivity contribution in [2.75, 3.05) is 0 Å². The molecule has 1 aromatic heterocycles. The Labute approximate surface area is 255 Å². The van der Waals surface area contributed by atoms with Crippen LogP contribution in [0.2, 0.25) is 0 Å². The lowest BCUT2D eigenvalue weighted by Crippen LogP contribution is -2.36. The molecule has 0 saturated heterocycles. The van der Waals surface area contributed by atoms with E-state index in [1.807, 2.05) is 11.3 Å². The van der Waals surface area contributed by atoms with Crippen LogP contribution < -0.4 is 5.32 Å². The molecular formula is C40H28N2S. The molecule has 0 saturated carbocycles. The van der Waals surface area contributed by atoms with Gasteiger partial charge in [-0.1, -0.05) is 121 Å². The predicted octanol–water partition coefficient (Wildman–Crippen LogP) is 10.4. The van der Waals surface area contributed by atoms with Crippen molar-refractivity contribution in [3.05, 3.63) is 161 Å². The average molecular weight is 569 g/mol. The first-order valence-electron chi connectivity index (χ1n) is 15.0. The average Bonchev–Trinajstić information content (AvgIpc) is 3.47. The summed E-state index contributed by atoms with van der Waals surface area (Å²) in [7, 11) is 0. The molecule has 43 heavy (non-hydrogen) atoms. The van der Waals surface area contributed by atoms with Crippen LogP contribution in [0, 0.1) is 0 Å². The highest BCUT2D eigenvalue weighted by atomic mass is 32.1. The van der Waals surface area contributed by atoms with Gasteiger partial charge in [0.15, 0.2) is 0 Å². The van der Waals surface area contributed by atoms with E-state index in [2.05, 4.69) is 139 Å². The number of aliphatic imine (C=N–C) groups is 1. The Hall–Kier alpha value is -4.99. The number of benzene rings is 5. The number of rotatable bonds is 3. The molecule has 3 heteroatoms. The number of hydrogen-bond acceptors (Lipinski definition) is 3. The normalized spacial score (nSPS) is 17.4. The van der Waals surface area contributed by atoms with Crippen molar-refractivity contribution in [1.82, 2.24) is 5.32 Å². The van der Waals surface area contributed by atoms with Crippen LogP contribution >= 0.6 is 11.3 Å². The van der Waals surface area contributed by atoms with E-state index in [4.69, 9.17) is 4.99 Å². The molecule has 0 spiro atoms. The summed E-state index contributed by atoms with van der Waals surface area (Å²) in [4.78, 5) is 5.57. The summed E-state index contributed by atoms with van der Waals surface area (Å²) in [5.41, 5.74) is 13.3. The van der Waals surface area contributed by atoms with E-state index in [9.17, 15) is 0 Å². The minimum absolute atomic E-state index is 0.00661. The lowest BCUT2D eigenvalue weighted by atomic mass is 9.76. The monoisotopic (exact) mass is 568 g/mol. The maximum atomic E-state index is 5.57. The second-order valence-corrected chi connectivity index (χ2v) is 12.5. The summed E-state index contributed by atoms with van der Waals surface area (Å²) < 4.78 is 2.66. The summed E-state index contributed by atoms with van der Waals surface area (Å²) in [5, 5.41) is 6.64. The zero-order chi connectivity index (χ0) is 28.3. The van der Waals surface area contributed by atoms with Crippen LogP contribution in [-0.4, -0.2) is 5.71 Å². The third-order valence-electron chi connectivity index (χ3n) is 8.99. The molecular weight excluding hydrogens is 541 g/mol. The molecule has 2 heterocycles. The first-order chi connectivity index (χ1) is 21.3. The topological polar surface area (TPSA) is 24.4 Å². The van der Waals surface area contributed by atoms with Gasteiger partial charge in [0.05, 0.1) is 23.1 Å². The largest absolute Gasteiger partial charge is 0.370 e. The van der Waals surface area contributed by atoms with E-state index in [1.54, 1.807) is 0 Å². The fourth-order valence-corrected chi connectivity index (χ4v) is 8.25. The second kappa shape index (κ2) is 9.79. The highest BCUT2D eigenvalue weighted by Crippen LogP contribution is 2.46. The van der Waals surface area contributed by atoms with Crippen molar-refractivity contribution in [1.29, 1.82) is 0 Å². The number of fused-ring (bicyclic) bond motifs is 8. The molecule has 2 nitrogen and oxygen atoms in total. The van der Waals surface area contributed by atoms with Gasteiger partial charge < -0.3 is 5.32 Å². The number of nitrogens with zero attached hydrogens (tertiary/aromatic N) is 1. The minimum Gasteiger partial charge on any atom is -0.370 e. The Kier molecular flexibility index (Phi) is 5.60. The van der Waals surface area contributed by atoms with Gasteiger partial charge in [-0.3, -0.25) is 0 Å². The van der Waals surface area contributed by atoms with E-state index in [0.29, 0.717) is 0 Å². The molecule has 5 aromatic carbocycles. The number of nitrogens with one attached hydrogen (secondary N) is 1. The smallest absolute Gasteiger partial charge is 0.0953 e. The molecule has 0 radical (unpaired) electrons. The Bertz CT molecular complexity index is 2210. The van der Waals surface area contributed by atoms with Gasteiger partial charge in [0.2, 0.25) is 0 Å². The van der Waals surface area contributed by atoms with Crippen molar-refractivity contribution in [2.24, 2.45) is 4.99 Å². The van der Waals surface area contributed by atoms with E-state index in [-0.39, 0.29) is 6.04 Å². The minimum atomic E-state index is 0.00661. The van der Waals surface area contributed by atoms with Crippen LogP contribution in [-0.2, 0) is 0 Å². The van der Waals surface area contributed by atoms with Gasteiger partial charge in [0.25, 0.3) is 0 Å². The molecule has 204 valence electrons. The highest BCUT2D eigenvalue weighted by Gasteiger charge is 2.36. The first-order valence-corrected chi connectivity index (χ1v) is 15.8. The molecule has 1 atom stereocenters. The molecule has 1 N–H and O–H groups in total. The Morgan fingerprint density at radius 2 is 1.42 bits per heavy atom. The Morgan fingerprint density at radius 1 is 0.674 bits per heavy atom. The molecule has 9 rings (SSSR count). The third-order valence-corrected chi connectivity index (χ3v) is 10.2. The molecule has 3 aliphatic rings. The highest BCUT2D eigenvalue weighted by molar-refractivity contribution is 7.26. The van der Waals surface area contributed by atoms with Crippen molar-refractivity contribution < 1.29 is 0 Å². The second-order valence-electron chi connectivity index (χ2n) is 11.4. The van der Waals surface area contributed by atoms with Gasteiger partial charge in [-0.2, -0.15) is 0 Å². The van der Waals surface area contributed by atoms with Crippen molar-refractivity contribution >= 4 is 54.2 Å². The predicted molar refractivity (Wildman–Crippen MR) is 183 cm³/mol. The maximum Gasteiger partial charge on any atom is 0.0953 e. The van der Waals surface area contributed by atoms with E-state index in [1.165, 1.54) is 53.6 Å². The molecule has 1 unspecified atom stereocenters. The summed E-state index contributed by atoms with van der Waals surface area (Å²) in [6, 6.07) is 43.9. The zero-order valence-electron chi connectivity index (χ0n) is 23.5. The van der Waals surface area contributed by atoms with Crippen LogP contribution in [0.3, 0.4) is 0 Å². The van der Waals surface area contributed by atoms with Crippen molar-refractivity contribution in [2.45, 2.75) is 18.9 Å². The van der Waals surface area contributed by atoms with Crippen molar-refractivity contribution in [3.63, 3.8) is 0 Å². The summed E-state index contributed by atoms with van der Waals surface area (Å²) >= 11 is 1.88. The van der Waals surface area contributed by atoms with E-state index in [0.717, 1.165) is 41.1 Å². The summed E-state index contributed by atoms with van der Waals surface area (Å²) in [6.07, 6.45) is 6.72. The van der Waals surface area contributed by atoms with Gasteiger partial charge in [-0.05, 0) is 58.4 Å². The first kappa shape index (κ1) is 24.6. The molecule has 0 bridgehead atoms. The van der Waals surface area contributed by atoms with Crippen LogP contribution in [0.15, 0.2) is 144 Å². The number of hydrogen-bond donors (Lipinski definition) is 1. The quantitative estimate of drug-likeness (QED) is 0.226. The zero-order valence-corrected chi connectivity index (χ0v) is 24.4. The SMILES string of the molecule is C1=CC2=C(CC1)c1ccccc1C1NC(c3ccccc3)=C(c3cccc(-c4cccc5c4sc4ccccc45)c3)N=C21. The van der Waals surface area contributed by atoms with Crippen LogP contribution in [0.25, 0.3) is 48.3 Å². The maximum absolute atomic E-state index is 5.57. The van der Waals surface area contributed by atoms with Gasteiger partial charge in [-0.25, -0.2) is 4.99 Å². The fourth-order valence-electron chi connectivity index (χ4n) is 7.01. The van der Waals surface area contributed by atoms with Crippen molar-refractivity contribution in [3.8, 4) is 11.1 Å². The van der Waals surface area contributed by atoms with Gasteiger partial charge in [-0.15, -0.1) is 11.3 Å². The van der Waals surface area contributed by atoms with Gasteiger partial charge >= 0.3 is 0 Å². The number of allylic oxidation sites excluding steroid dienone is 3. The summed E-state index contributed by atoms with van der Waals surface area (Å²) in [5.74, 6) is 0. The van der Waals surface area contributed by atoms with Crippen LogP contribution in [0.5, 0.6) is 0 Å². The van der Waals surface area contributed by atoms with E-state index >= 15 is 0 Å². The lowest BCUT2D eigenvalue weighted by molar-refractivity contribution is 0.789. The standard InChI is InChI=1S/C40H28N2S/c1-2-12-25(13-3-1)36-37(42-39-33-20-7-5-17-30(33)29-16-4-6-19-32(29)38(39)41-36)27-15-10-14-26(24-27)28-21-11-22-34-31-18-8-9-23-35(31)43-40(28)34/h1-4,6-16,18-24,38,41H,5,17H2. The molecule has 0 amide bonds. The van der Waals surface area contributed by atoms with Crippen LogP contribution in [0.4, 0.5) is 0 Å². The third kappa shape index (κ3) is 3.89. The Morgan fingerprint density at radius 3 is 2.37 bits per heavy atom. The van der Waals surface area contributed by atoms with E-state index < -0.39 is 0 Å². The molecule has 1 aliphatic heterocycles. The fraction of sp³-hybridized carbons (Fsp3) is 0.0750.